The van der Waals surface area contributed by atoms with Gasteiger partial charge in [0.15, 0.2) is 0 Å². The van der Waals surface area contributed by atoms with E-state index >= 15 is 0 Å². The Morgan fingerprint density at radius 1 is 1.22 bits per heavy atom. The van der Waals surface area contributed by atoms with E-state index in [-0.39, 0.29) is 5.76 Å². The third-order valence-corrected chi connectivity index (χ3v) is 5.05. The molecule has 6 nitrogen and oxygen atoms in total. The van der Waals surface area contributed by atoms with Crippen molar-refractivity contribution in [3.05, 3.63) is 41.7 Å². The van der Waals surface area contributed by atoms with Gasteiger partial charge in [-0.15, -0.1) is 11.8 Å². The molecular weight excluding hydrogens is 339 g/mol. The van der Waals surface area contributed by atoms with Crippen LogP contribution in [0.3, 0.4) is 0 Å². The van der Waals surface area contributed by atoms with Gasteiger partial charge < -0.3 is 9.26 Å². The third kappa shape index (κ3) is 6.39. The zero-order valence-electron chi connectivity index (χ0n) is 13.8. The summed E-state index contributed by atoms with van der Waals surface area (Å²) in [4.78, 5) is 13.0. The fraction of sp³-hybridized carbons (Fsp3) is 0.400. The predicted octanol–water partition coefficient (Wildman–Crippen LogP) is 4.33. The molecule has 0 saturated heterocycles. The summed E-state index contributed by atoms with van der Waals surface area (Å²) >= 11 is 1.64. The molecule has 0 aromatic heterocycles. The Bertz CT molecular complexity index is 590. The molecule has 0 N–H and O–H groups in total. The highest BCUT2D eigenvalue weighted by Crippen LogP contribution is 2.49. The van der Waals surface area contributed by atoms with Gasteiger partial charge in [0.05, 0.1) is 6.08 Å². The lowest BCUT2D eigenvalue weighted by Crippen LogP contribution is -2.07. The van der Waals surface area contributed by atoms with Crippen LogP contribution in [0.25, 0.3) is 0 Å². The van der Waals surface area contributed by atoms with E-state index in [2.05, 4.69) is 9.05 Å². The number of hydrogen-bond acceptors (Lipinski definition) is 7. The first-order valence-electron chi connectivity index (χ1n) is 6.77. The standard InChI is InChI=1S/C15H21O6PS/c1-11(21-22(17,18-3)19-4)10-15(16)20-12(2)13-6-8-14(23-5)9-7-13/h6-10,12H,1-5H3. The van der Waals surface area contributed by atoms with Gasteiger partial charge in [-0.05, 0) is 37.8 Å². The second kappa shape index (κ2) is 9.13. The average Bonchev–Trinajstić information content (AvgIpc) is 2.54. The van der Waals surface area contributed by atoms with Gasteiger partial charge in [-0.25, -0.2) is 9.36 Å². The fourth-order valence-corrected chi connectivity index (χ4v) is 2.78. The molecular formula is C15H21O6PS. The van der Waals surface area contributed by atoms with Gasteiger partial charge in [-0.1, -0.05) is 12.1 Å². The number of phosphoric ester groups is 1. The maximum atomic E-state index is 11.9. The summed E-state index contributed by atoms with van der Waals surface area (Å²) < 4.78 is 31.3. The molecule has 0 bridgehead atoms. The summed E-state index contributed by atoms with van der Waals surface area (Å²) in [5.74, 6) is -0.533. The van der Waals surface area contributed by atoms with Gasteiger partial charge in [0.1, 0.15) is 11.9 Å². The summed E-state index contributed by atoms with van der Waals surface area (Å²) in [6.07, 6.45) is 2.67. The molecule has 1 aromatic rings. The SMILES string of the molecule is COP(=O)(OC)OC(C)=CC(=O)OC(C)c1ccc(SC)cc1. The van der Waals surface area contributed by atoms with Crippen molar-refractivity contribution < 1.29 is 27.7 Å². The Labute approximate surface area is 140 Å². The molecule has 0 radical (unpaired) electrons. The predicted molar refractivity (Wildman–Crippen MR) is 89.2 cm³/mol. The maximum absolute atomic E-state index is 11.9. The minimum atomic E-state index is -3.67. The van der Waals surface area contributed by atoms with E-state index in [1.807, 2.05) is 30.5 Å². The first kappa shape index (κ1) is 19.8. The van der Waals surface area contributed by atoms with Crippen LogP contribution >= 0.6 is 19.6 Å². The van der Waals surface area contributed by atoms with Crippen LogP contribution < -0.4 is 0 Å². The monoisotopic (exact) mass is 360 g/mol. The molecule has 128 valence electrons. The highest BCUT2D eigenvalue weighted by Gasteiger charge is 2.25. The molecule has 0 amide bonds. The summed E-state index contributed by atoms with van der Waals surface area (Å²) in [5, 5.41) is 0. The topological polar surface area (TPSA) is 71.1 Å². The summed E-state index contributed by atoms with van der Waals surface area (Å²) in [6.45, 7) is 3.23. The first-order chi connectivity index (χ1) is 10.8. The van der Waals surface area contributed by atoms with Crippen LogP contribution in [-0.2, 0) is 27.7 Å². The van der Waals surface area contributed by atoms with Crippen molar-refractivity contribution >= 4 is 25.6 Å². The Morgan fingerprint density at radius 3 is 2.26 bits per heavy atom. The van der Waals surface area contributed by atoms with E-state index in [9.17, 15) is 9.36 Å². The number of hydrogen-bond donors (Lipinski definition) is 0. The number of ether oxygens (including phenoxy) is 1. The van der Waals surface area contributed by atoms with Gasteiger partial charge in [-0.2, -0.15) is 0 Å². The second-order valence-electron chi connectivity index (χ2n) is 4.51. The molecule has 0 aliphatic rings. The fourth-order valence-electron chi connectivity index (χ4n) is 1.67. The van der Waals surface area contributed by atoms with Crippen molar-refractivity contribution in [2.24, 2.45) is 0 Å². The van der Waals surface area contributed by atoms with E-state index in [1.54, 1.807) is 18.7 Å². The molecule has 0 aliphatic heterocycles. The lowest BCUT2D eigenvalue weighted by atomic mass is 10.1. The Morgan fingerprint density at radius 2 is 1.78 bits per heavy atom. The lowest BCUT2D eigenvalue weighted by molar-refractivity contribution is -0.142. The largest absolute Gasteiger partial charge is 0.529 e. The zero-order chi connectivity index (χ0) is 17.5. The van der Waals surface area contributed by atoms with E-state index in [0.29, 0.717) is 0 Å². The van der Waals surface area contributed by atoms with Crippen LogP contribution in [0.5, 0.6) is 0 Å². The van der Waals surface area contributed by atoms with Gasteiger partial charge in [0, 0.05) is 19.1 Å². The van der Waals surface area contributed by atoms with Crippen LogP contribution in [0.1, 0.15) is 25.5 Å². The van der Waals surface area contributed by atoms with Crippen LogP contribution in [0.2, 0.25) is 0 Å². The number of phosphoric acid groups is 1. The van der Waals surface area contributed by atoms with Gasteiger partial charge in [0.25, 0.3) is 0 Å². The number of allylic oxidation sites excluding steroid dienone is 1. The quantitative estimate of drug-likeness (QED) is 0.225. The molecule has 0 saturated carbocycles. The molecule has 1 unspecified atom stereocenters. The molecule has 1 atom stereocenters. The van der Waals surface area contributed by atoms with Crippen LogP contribution in [-0.4, -0.2) is 26.4 Å². The highest BCUT2D eigenvalue weighted by molar-refractivity contribution is 7.98. The molecule has 1 aromatic carbocycles. The number of carbonyl (C=O) groups is 1. The van der Waals surface area contributed by atoms with Crippen molar-refractivity contribution in [2.75, 3.05) is 20.5 Å². The van der Waals surface area contributed by atoms with Crippen molar-refractivity contribution in [3.63, 3.8) is 0 Å². The molecule has 8 heteroatoms. The van der Waals surface area contributed by atoms with Crippen molar-refractivity contribution in [1.82, 2.24) is 0 Å². The van der Waals surface area contributed by atoms with Gasteiger partial charge in [0.2, 0.25) is 0 Å². The number of thioether (sulfide) groups is 1. The van der Waals surface area contributed by atoms with E-state index < -0.39 is 19.9 Å². The molecule has 23 heavy (non-hydrogen) atoms. The summed E-state index contributed by atoms with van der Waals surface area (Å²) in [6, 6.07) is 7.73. The minimum absolute atomic E-state index is 0.0759. The molecule has 1 rings (SSSR count). The Kier molecular flexibility index (Phi) is 7.85. The summed E-state index contributed by atoms with van der Waals surface area (Å²) in [5.41, 5.74) is 0.877. The number of carbonyl (C=O) groups excluding carboxylic acids is 1. The minimum Gasteiger partial charge on any atom is -0.455 e. The molecule has 0 fully saturated rings. The van der Waals surface area contributed by atoms with Crippen LogP contribution in [0, 0.1) is 0 Å². The van der Waals surface area contributed by atoms with Crippen LogP contribution in [0.15, 0.2) is 41.0 Å². The van der Waals surface area contributed by atoms with Gasteiger partial charge in [-0.3, -0.25) is 9.05 Å². The van der Waals surface area contributed by atoms with Crippen molar-refractivity contribution in [1.29, 1.82) is 0 Å². The zero-order valence-corrected chi connectivity index (χ0v) is 15.5. The Balaban J connectivity index is 2.67. The number of rotatable bonds is 8. The molecule has 0 aliphatic carbocycles. The highest BCUT2D eigenvalue weighted by atomic mass is 32.2. The first-order valence-corrected chi connectivity index (χ1v) is 9.46. The number of esters is 1. The number of benzene rings is 1. The maximum Gasteiger partial charge on any atom is 0.529 e. The third-order valence-electron chi connectivity index (χ3n) is 2.90. The van der Waals surface area contributed by atoms with E-state index in [0.717, 1.165) is 16.5 Å². The Hall–Kier alpha value is -1.27. The normalized spacial score (nSPS) is 13.5. The molecule has 0 spiro atoms. The van der Waals surface area contributed by atoms with Crippen molar-refractivity contribution in [3.8, 4) is 0 Å². The van der Waals surface area contributed by atoms with Gasteiger partial charge >= 0.3 is 13.8 Å². The smallest absolute Gasteiger partial charge is 0.455 e. The molecule has 0 heterocycles. The summed E-state index contributed by atoms with van der Waals surface area (Å²) in [7, 11) is -1.29. The van der Waals surface area contributed by atoms with E-state index in [4.69, 9.17) is 9.26 Å². The lowest BCUT2D eigenvalue weighted by Gasteiger charge is -2.15. The van der Waals surface area contributed by atoms with Crippen LogP contribution in [0.4, 0.5) is 0 Å². The second-order valence-corrected chi connectivity index (χ2v) is 7.20. The van der Waals surface area contributed by atoms with Crippen molar-refractivity contribution in [2.45, 2.75) is 24.8 Å². The van der Waals surface area contributed by atoms with E-state index in [1.165, 1.54) is 21.1 Å². The average molecular weight is 360 g/mol.